The Labute approximate surface area is 177 Å². The minimum absolute atomic E-state index is 0.0478. The average molecular weight is 423 g/mol. The third-order valence-electron chi connectivity index (χ3n) is 4.49. The molecule has 2 aromatic carbocycles. The molecule has 0 unspecified atom stereocenters. The van der Waals surface area contributed by atoms with Gasteiger partial charge in [-0.05, 0) is 49.7 Å². The van der Waals surface area contributed by atoms with Crippen LogP contribution in [-0.2, 0) is 12.1 Å². The molecule has 158 valence electrons. The van der Waals surface area contributed by atoms with Crippen LogP contribution >= 0.6 is 0 Å². The van der Waals surface area contributed by atoms with Gasteiger partial charge in [0.25, 0.3) is 5.91 Å². The second-order valence-electron chi connectivity index (χ2n) is 7.26. The van der Waals surface area contributed by atoms with E-state index in [1.165, 1.54) is 42.6 Å². The Kier molecular flexibility index (Phi) is 6.28. The number of carbonyl (C=O) groups is 1. The first-order valence-corrected chi connectivity index (χ1v) is 9.31. The van der Waals surface area contributed by atoms with Gasteiger partial charge in [-0.3, -0.25) is 4.79 Å². The molecule has 0 fully saturated rings. The predicted octanol–water partition coefficient (Wildman–Crippen LogP) is 4.18. The molecule has 6 nitrogen and oxygen atoms in total. The van der Waals surface area contributed by atoms with E-state index in [1.807, 2.05) is 0 Å². The quantitative estimate of drug-likeness (QED) is 0.620. The number of nitriles is 1. The van der Waals surface area contributed by atoms with Crippen molar-refractivity contribution in [3.05, 3.63) is 88.6 Å². The number of nitrogens with one attached hydrogen (secondary N) is 1. The fraction of sp³-hybridized carbons (Fsp3) is 0.174. The summed E-state index contributed by atoms with van der Waals surface area (Å²) in [6.07, 6.45) is 1.41. The molecule has 2 N–H and O–H groups in total. The number of aliphatic hydroxyl groups is 1. The number of hydrogen-bond donors (Lipinski definition) is 2. The normalized spacial score (nSPS) is 11.0. The van der Waals surface area contributed by atoms with E-state index in [9.17, 15) is 18.7 Å². The number of amides is 1. The zero-order valence-corrected chi connectivity index (χ0v) is 16.8. The molecule has 0 bridgehead atoms. The number of aromatic nitrogens is 1. The lowest BCUT2D eigenvalue weighted by Crippen LogP contribution is -2.24. The zero-order chi connectivity index (χ0) is 22.6. The number of halogens is 2. The number of carbonyl (C=O) groups excluding carboxylic acids is 1. The average Bonchev–Trinajstić information content (AvgIpc) is 2.73. The lowest BCUT2D eigenvalue weighted by atomic mass is 9.97. The molecule has 8 heteroatoms. The van der Waals surface area contributed by atoms with Crippen molar-refractivity contribution < 1.29 is 23.4 Å². The van der Waals surface area contributed by atoms with Crippen LogP contribution in [0.5, 0.6) is 11.6 Å². The molecule has 0 saturated carbocycles. The summed E-state index contributed by atoms with van der Waals surface area (Å²) in [7, 11) is 0. The molecule has 3 aromatic rings. The molecular weight excluding hydrogens is 404 g/mol. The summed E-state index contributed by atoms with van der Waals surface area (Å²) in [4.78, 5) is 16.7. The van der Waals surface area contributed by atoms with E-state index in [0.29, 0.717) is 5.56 Å². The third-order valence-corrected chi connectivity index (χ3v) is 4.49. The highest BCUT2D eigenvalue weighted by atomic mass is 19.1. The predicted molar refractivity (Wildman–Crippen MR) is 108 cm³/mol. The summed E-state index contributed by atoms with van der Waals surface area (Å²) in [5.41, 5.74) is -0.650. The molecule has 31 heavy (non-hydrogen) atoms. The van der Waals surface area contributed by atoms with E-state index in [0.717, 1.165) is 6.07 Å². The maximum absolute atomic E-state index is 14.3. The van der Waals surface area contributed by atoms with Gasteiger partial charge in [-0.25, -0.2) is 13.8 Å². The van der Waals surface area contributed by atoms with Crippen LogP contribution in [0.4, 0.5) is 8.78 Å². The van der Waals surface area contributed by atoms with Crippen LogP contribution in [0.1, 0.15) is 40.9 Å². The minimum Gasteiger partial charge on any atom is -0.438 e. The van der Waals surface area contributed by atoms with Gasteiger partial charge in [0, 0.05) is 24.4 Å². The van der Waals surface area contributed by atoms with Gasteiger partial charge in [-0.15, -0.1) is 0 Å². The Balaban J connectivity index is 1.76. The maximum atomic E-state index is 14.3. The van der Waals surface area contributed by atoms with Crippen molar-refractivity contribution in [1.82, 2.24) is 10.3 Å². The fourth-order valence-corrected chi connectivity index (χ4v) is 2.75. The number of nitrogens with zero attached hydrogens (tertiary/aromatic N) is 2. The smallest absolute Gasteiger partial charge is 0.257 e. The van der Waals surface area contributed by atoms with Gasteiger partial charge in [0.2, 0.25) is 5.88 Å². The Morgan fingerprint density at radius 1 is 1.19 bits per heavy atom. The minimum atomic E-state index is -1.18. The van der Waals surface area contributed by atoms with Crippen molar-refractivity contribution in [2.75, 3.05) is 0 Å². The van der Waals surface area contributed by atoms with E-state index >= 15 is 0 Å². The van der Waals surface area contributed by atoms with Gasteiger partial charge in [-0.1, -0.05) is 12.1 Å². The van der Waals surface area contributed by atoms with Crippen LogP contribution in [0.2, 0.25) is 0 Å². The van der Waals surface area contributed by atoms with Gasteiger partial charge < -0.3 is 15.2 Å². The molecule has 0 saturated heterocycles. The summed E-state index contributed by atoms with van der Waals surface area (Å²) >= 11 is 0. The molecule has 1 heterocycles. The number of ether oxygens (including phenoxy) is 1. The van der Waals surface area contributed by atoms with Crippen LogP contribution in [0.15, 0.2) is 54.7 Å². The molecule has 0 aliphatic rings. The van der Waals surface area contributed by atoms with Gasteiger partial charge in [0.15, 0.2) is 0 Å². The first-order valence-electron chi connectivity index (χ1n) is 9.31. The number of benzene rings is 2. The number of rotatable bonds is 6. The Morgan fingerprint density at radius 2 is 1.97 bits per heavy atom. The highest BCUT2D eigenvalue weighted by Crippen LogP contribution is 2.25. The highest BCUT2D eigenvalue weighted by molar-refractivity contribution is 5.96. The van der Waals surface area contributed by atoms with E-state index in [1.54, 1.807) is 26.0 Å². The van der Waals surface area contributed by atoms with Crippen molar-refractivity contribution in [3.63, 3.8) is 0 Å². The first-order chi connectivity index (χ1) is 14.7. The van der Waals surface area contributed by atoms with Crippen LogP contribution in [0.25, 0.3) is 0 Å². The molecule has 0 aliphatic heterocycles. The summed E-state index contributed by atoms with van der Waals surface area (Å²) in [5, 5.41) is 21.5. The largest absolute Gasteiger partial charge is 0.438 e. The fourth-order valence-electron chi connectivity index (χ4n) is 2.75. The molecule has 0 aliphatic carbocycles. The Bertz CT molecular complexity index is 1170. The van der Waals surface area contributed by atoms with Crippen molar-refractivity contribution in [2.24, 2.45) is 0 Å². The topological polar surface area (TPSA) is 95.2 Å². The molecule has 0 spiro atoms. The van der Waals surface area contributed by atoms with E-state index in [2.05, 4.69) is 10.3 Å². The lowest BCUT2D eigenvalue weighted by molar-refractivity contribution is 0.0781. The highest BCUT2D eigenvalue weighted by Gasteiger charge is 2.19. The van der Waals surface area contributed by atoms with Crippen LogP contribution < -0.4 is 10.1 Å². The first kappa shape index (κ1) is 21.9. The summed E-state index contributed by atoms with van der Waals surface area (Å²) in [5.74, 6) is -1.71. The zero-order valence-electron chi connectivity index (χ0n) is 16.8. The second-order valence-corrected chi connectivity index (χ2v) is 7.26. The van der Waals surface area contributed by atoms with E-state index in [4.69, 9.17) is 10.00 Å². The second kappa shape index (κ2) is 8.90. The summed E-state index contributed by atoms with van der Waals surface area (Å²) < 4.78 is 33.4. The molecule has 3 rings (SSSR count). The van der Waals surface area contributed by atoms with Crippen LogP contribution in [0, 0.1) is 23.0 Å². The standard InChI is InChI=1S/C23H19F2N3O3/c1-23(2,30)16-6-5-14(20(25)11-16)13-28-21(29)18-4-3-9-27-22(18)31-17-7-8-19(24)15(10-17)12-26/h3-11,30H,13H2,1-2H3,(H,28,29). The molecule has 1 amide bonds. The molecule has 0 atom stereocenters. The SMILES string of the molecule is CC(C)(O)c1ccc(CNC(=O)c2cccnc2Oc2ccc(F)c(C#N)c2)c(F)c1. The van der Waals surface area contributed by atoms with Crippen molar-refractivity contribution in [3.8, 4) is 17.7 Å². The molecular formula is C23H19F2N3O3. The summed E-state index contributed by atoms with van der Waals surface area (Å²) in [6.45, 7) is 3.00. The van der Waals surface area contributed by atoms with Crippen LogP contribution in [0.3, 0.4) is 0 Å². The van der Waals surface area contributed by atoms with Gasteiger partial charge in [0.05, 0.1) is 11.2 Å². The Morgan fingerprint density at radius 3 is 2.65 bits per heavy atom. The maximum Gasteiger partial charge on any atom is 0.257 e. The van der Waals surface area contributed by atoms with Gasteiger partial charge in [0.1, 0.15) is 29.0 Å². The van der Waals surface area contributed by atoms with Gasteiger partial charge in [-0.2, -0.15) is 5.26 Å². The summed E-state index contributed by atoms with van der Waals surface area (Å²) in [6, 6.07) is 12.6. The van der Waals surface area contributed by atoms with Crippen molar-refractivity contribution >= 4 is 5.91 Å². The van der Waals surface area contributed by atoms with E-state index < -0.39 is 23.1 Å². The number of pyridine rings is 1. The Hall–Kier alpha value is -3.83. The van der Waals surface area contributed by atoms with Crippen LogP contribution in [-0.4, -0.2) is 16.0 Å². The third kappa shape index (κ3) is 5.21. The molecule has 0 radical (unpaired) electrons. The lowest BCUT2D eigenvalue weighted by Gasteiger charge is -2.18. The monoisotopic (exact) mass is 423 g/mol. The van der Waals surface area contributed by atoms with Crippen molar-refractivity contribution in [2.45, 2.75) is 26.0 Å². The van der Waals surface area contributed by atoms with Crippen molar-refractivity contribution in [1.29, 1.82) is 5.26 Å². The van der Waals surface area contributed by atoms with Gasteiger partial charge >= 0.3 is 0 Å². The van der Waals surface area contributed by atoms with E-state index in [-0.39, 0.29) is 34.9 Å². The number of hydrogen-bond acceptors (Lipinski definition) is 5. The molecule has 1 aromatic heterocycles.